The van der Waals surface area contributed by atoms with Crippen LogP contribution in [0.2, 0.25) is 0 Å². The number of nitrogens with one attached hydrogen (secondary N) is 1. The highest BCUT2D eigenvalue weighted by molar-refractivity contribution is 9.10. The van der Waals surface area contributed by atoms with E-state index in [9.17, 15) is 9.90 Å². The maximum atomic E-state index is 12.2. The summed E-state index contributed by atoms with van der Waals surface area (Å²) in [7, 11) is 0. The Labute approximate surface area is 120 Å². The molecule has 3 nitrogen and oxygen atoms in total. The molecule has 0 aromatic heterocycles. The zero-order valence-corrected chi connectivity index (χ0v) is 12.3. The van der Waals surface area contributed by atoms with E-state index in [1.165, 1.54) is 6.07 Å². The minimum absolute atomic E-state index is 0.161. The van der Waals surface area contributed by atoms with Gasteiger partial charge in [0.1, 0.15) is 5.75 Å². The van der Waals surface area contributed by atoms with Gasteiger partial charge in [-0.25, -0.2) is 0 Å². The molecule has 0 aliphatic carbocycles. The Morgan fingerprint density at radius 2 is 1.84 bits per heavy atom. The number of carbonyl (C=O) groups excluding carboxylic acids is 1. The predicted octanol–water partition coefficient (Wildman–Crippen LogP) is 4.02. The molecule has 0 saturated carbocycles. The summed E-state index contributed by atoms with van der Waals surface area (Å²) in [6, 6.07) is 10.4. The lowest BCUT2D eigenvalue weighted by molar-refractivity contribution is 0.102. The lowest BCUT2D eigenvalue weighted by Crippen LogP contribution is -2.14. The van der Waals surface area contributed by atoms with Gasteiger partial charge < -0.3 is 10.4 Å². The van der Waals surface area contributed by atoms with Crippen molar-refractivity contribution in [2.75, 3.05) is 5.32 Å². The SMILES string of the molecule is Cc1cc(Br)ccc1NC(=O)c1ccc(O)cc1C. The summed E-state index contributed by atoms with van der Waals surface area (Å²) in [6.07, 6.45) is 0. The molecule has 2 aromatic rings. The number of hydrogen-bond donors (Lipinski definition) is 2. The molecule has 0 aliphatic heterocycles. The second-order valence-electron chi connectivity index (χ2n) is 4.41. The van der Waals surface area contributed by atoms with Gasteiger partial charge >= 0.3 is 0 Å². The van der Waals surface area contributed by atoms with Crippen LogP contribution in [0.25, 0.3) is 0 Å². The van der Waals surface area contributed by atoms with Crippen molar-refractivity contribution in [2.24, 2.45) is 0 Å². The van der Waals surface area contributed by atoms with Crippen molar-refractivity contribution in [3.8, 4) is 5.75 Å². The molecule has 0 radical (unpaired) electrons. The van der Waals surface area contributed by atoms with Crippen LogP contribution >= 0.6 is 15.9 Å². The third-order valence-corrected chi connectivity index (χ3v) is 3.38. The first-order valence-electron chi connectivity index (χ1n) is 5.84. The van der Waals surface area contributed by atoms with Gasteiger partial charge in [-0.15, -0.1) is 0 Å². The lowest BCUT2D eigenvalue weighted by Gasteiger charge is -2.10. The van der Waals surface area contributed by atoms with Crippen molar-refractivity contribution < 1.29 is 9.90 Å². The molecule has 0 aliphatic rings. The molecule has 19 heavy (non-hydrogen) atoms. The van der Waals surface area contributed by atoms with Gasteiger partial charge in [-0.05, 0) is 61.4 Å². The second kappa shape index (κ2) is 5.45. The quantitative estimate of drug-likeness (QED) is 0.878. The van der Waals surface area contributed by atoms with Crippen molar-refractivity contribution in [1.82, 2.24) is 0 Å². The number of rotatable bonds is 2. The van der Waals surface area contributed by atoms with E-state index < -0.39 is 0 Å². The van der Waals surface area contributed by atoms with Crippen LogP contribution in [0.1, 0.15) is 21.5 Å². The lowest BCUT2D eigenvalue weighted by atomic mass is 10.1. The molecule has 2 rings (SSSR count). The molecule has 0 heterocycles. The number of aromatic hydroxyl groups is 1. The van der Waals surface area contributed by atoms with Crippen LogP contribution in [-0.4, -0.2) is 11.0 Å². The van der Waals surface area contributed by atoms with Gasteiger partial charge in [0.15, 0.2) is 0 Å². The number of carbonyl (C=O) groups is 1. The van der Waals surface area contributed by atoms with E-state index in [0.717, 1.165) is 21.3 Å². The van der Waals surface area contributed by atoms with Crippen LogP contribution in [0.5, 0.6) is 5.75 Å². The summed E-state index contributed by atoms with van der Waals surface area (Å²) in [5.74, 6) is -0.0169. The van der Waals surface area contributed by atoms with Gasteiger partial charge in [-0.2, -0.15) is 0 Å². The maximum absolute atomic E-state index is 12.2. The summed E-state index contributed by atoms with van der Waals surface area (Å²) >= 11 is 3.39. The Morgan fingerprint density at radius 3 is 2.47 bits per heavy atom. The monoisotopic (exact) mass is 319 g/mol. The number of aryl methyl sites for hydroxylation is 2. The maximum Gasteiger partial charge on any atom is 0.255 e. The van der Waals surface area contributed by atoms with E-state index in [0.29, 0.717) is 5.56 Å². The first-order chi connectivity index (χ1) is 8.97. The van der Waals surface area contributed by atoms with E-state index in [2.05, 4.69) is 21.2 Å². The number of phenols is 1. The fourth-order valence-corrected chi connectivity index (χ4v) is 2.34. The van der Waals surface area contributed by atoms with E-state index in [4.69, 9.17) is 0 Å². The Hall–Kier alpha value is -1.81. The molecule has 1 amide bonds. The first kappa shape index (κ1) is 13.6. The zero-order chi connectivity index (χ0) is 14.0. The first-order valence-corrected chi connectivity index (χ1v) is 6.64. The van der Waals surface area contributed by atoms with Crippen LogP contribution in [-0.2, 0) is 0 Å². The van der Waals surface area contributed by atoms with Crippen LogP contribution in [0.3, 0.4) is 0 Å². The summed E-state index contributed by atoms with van der Waals surface area (Å²) in [6.45, 7) is 3.73. The number of halogens is 1. The molecule has 0 spiro atoms. The number of amides is 1. The van der Waals surface area contributed by atoms with Gasteiger partial charge in [0, 0.05) is 15.7 Å². The van der Waals surface area contributed by atoms with Crippen molar-refractivity contribution in [3.05, 3.63) is 57.6 Å². The molecule has 0 atom stereocenters. The molecule has 0 bridgehead atoms. The molecule has 98 valence electrons. The highest BCUT2D eigenvalue weighted by atomic mass is 79.9. The van der Waals surface area contributed by atoms with Crippen molar-refractivity contribution in [2.45, 2.75) is 13.8 Å². The fourth-order valence-electron chi connectivity index (χ4n) is 1.86. The normalized spacial score (nSPS) is 10.3. The van der Waals surface area contributed by atoms with Gasteiger partial charge in [-0.1, -0.05) is 15.9 Å². The van der Waals surface area contributed by atoms with Gasteiger partial charge in [0.05, 0.1) is 0 Å². The topological polar surface area (TPSA) is 49.3 Å². The zero-order valence-electron chi connectivity index (χ0n) is 10.7. The minimum Gasteiger partial charge on any atom is -0.508 e. The van der Waals surface area contributed by atoms with E-state index in [1.54, 1.807) is 19.1 Å². The van der Waals surface area contributed by atoms with E-state index in [1.807, 2.05) is 25.1 Å². The summed E-state index contributed by atoms with van der Waals surface area (Å²) in [5.41, 5.74) is 3.06. The van der Waals surface area contributed by atoms with Crippen molar-refractivity contribution in [1.29, 1.82) is 0 Å². The summed E-state index contributed by atoms with van der Waals surface area (Å²) in [4.78, 5) is 12.2. The second-order valence-corrected chi connectivity index (χ2v) is 5.33. The van der Waals surface area contributed by atoms with Crippen LogP contribution in [0.4, 0.5) is 5.69 Å². The molecular formula is C15H14BrNO2. The molecule has 0 fully saturated rings. The Bertz CT molecular complexity index is 638. The molecule has 2 N–H and O–H groups in total. The highest BCUT2D eigenvalue weighted by Crippen LogP contribution is 2.22. The third kappa shape index (κ3) is 3.15. The van der Waals surface area contributed by atoms with Gasteiger partial charge in [0.25, 0.3) is 5.91 Å². The fraction of sp³-hybridized carbons (Fsp3) is 0.133. The third-order valence-electron chi connectivity index (χ3n) is 2.89. The van der Waals surface area contributed by atoms with Crippen LogP contribution in [0.15, 0.2) is 40.9 Å². The number of phenolic OH excluding ortho intramolecular Hbond substituents is 1. The van der Waals surface area contributed by atoms with Crippen LogP contribution < -0.4 is 5.32 Å². The standard InChI is InChI=1S/C15H14BrNO2/c1-9-8-12(18)4-5-13(9)15(19)17-14-6-3-11(16)7-10(14)2/h3-8,18H,1-2H3,(H,17,19). The molecule has 4 heteroatoms. The smallest absolute Gasteiger partial charge is 0.255 e. The Kier molecular flexibility index (Phi) is 3.90. The largest absolute Gasteiger partial charge is 0.508 e. The number of benzene rings is 2. The number of anilines is 1. The molecule has 0 saturated heterocycles. The Morgan fingerprint density at radius 1 is 1.11 bits per heavy atom. The predicted molar refractivity (Wildman–Crippen MR) is 79.7 cm³/mol. The summed E-state index contributed by atoms with van der Waals surface area (Å²) in [5, 5.41) is 12.2. The number of hydrogen-bond acceptors (Lipinski definition) is 2. The van der Waals surface area contributed by atoms with Gasteiger partial charge in [0.2, 0.25) is 0 Å². The summed E-state index contributed by atoms with van der Waals surface area (Å²) < 4.78 is 0.976. The Balaban J connectivity index is 2.25. The van der Waals surface area contributed by atoms with E-state index in [-0.39, 0.29) is 11.7 Å². The highest BCUT2D eigenvalue weighted by Gasteiger charge is 2.10. The van der Waals surface area contributed by atoms with Crippen molar-refractivity contribution >= 4 is 27.5 Å². The minimum atomic E-state index is -0.178. The average Bonchev–Trinajstić information content (AvgIpc) is 2.32. The van der Waals surface area contributed by atoms with Crippen molar-refractivity contribution in [3.63, 3.8) is 0 Å². The molecule has 0 unspecified atom stereocenters. The molecular weight excluding hydrogens is 306 g/mol. The van der Waals surface area contributed by atoms with Gasteiger partial charge in [-0.3, -0.25) is 4.79 Å². The molecule has 2 aromatic carbocycles. The van der Waals surface area contributed by atoms with Crippen LogP contribution in [0, 0.1) is 13.8 Å². The van der Waals surface area contributed by atoms with E-state index >= 15 is 0 Å². The average molecular weight is 320 g/mol.